The van der Waals surface area contributed by atoms with Crippen LogP contribution in [0.5, 0.6) is 5.75 Å². The largest absolute Gasteiger partial charge is 0.495 e. The lowest BCUT2D eigenvalue weighted by molar-refractivity contribution is 0.417. The maximum absolute atomic E-state index is 6.22. The minimum Gasteiger partial charge on any atom is -0.495 e. The highest BCUT2D eigenvalue weighted by atomic mass is 16.5. The lowest BCUT2D eigenvalue weighted by atomic mass is 10.1. The van der Waals surface area contributed by atoms with E-state index in [0.29, 0.717) is 11.6 Å². The number of oxazole rings is 1. The molecule has 5 heteroatoms. The fourth-order valence-corrected chi connectivity index (χ4v) is 2.70. The Bertz CT molecular complexity index is 1010. The molecule has 3 N–H and O–H groups in total. The van der Waals surface area contributed by atoms with E-state index in [1.165, 1.54) is 0 Å². The van der Waals surface area contributed by atoms with E-state index >= 15 is 0 Å². The van der Waals surface area contributed by atoms with Crippen LogP contribution in [0.1, 0.15) is 0 Å². The number of methoxy groups -OCH3 is 1. The predicted molar refractivity (Wildman–Crippen MR) is 100 cm³/mol. The Morgan fingerprint density at radius 3 is 2.56 bits per heavy atom. The zero-order chi connectivity index (χ0) is 17.2. The van der Waals surface area contributed by atoms with Crippen LogP contribution >= 0.6 is 0 Å². The Morgan fingerprint density at radius 1 is 0.960 bits per heavy atom. The molecule has 4 rings (SSSR count). The van der Waals surface area contributed by atoms with E-state index in [1.807, 2.05) is 66.7 Å². The van der Waals surface area contributed by atoms with Crippen LogP contribution in [0.2, 0.25) is 0 Å². The molecule has 0 unspecified atom stereocenters. The van der Waals surface area contributed by atoms with Crippen LogP contribution < -0.4 is 15.8 Å². The molecule has 0 aliphatic heterocycles. The molecular formula is C20H17N3O2. The summed E-state index contributed by atoms with van der Waals surface area (Å²) in [4.78, 5) is 4.50. The first kappa shape index (κ1) is 15.1. The fraction of sp³-hybridized carbons (Fsp3) is 0.0500. The molecule has 1 heterocycles. The fourth-order valence-electron chi connectivity index (χ4n) is 2.70. The number of fused-ring (bicyclic) bond motifs is 1. The van der Waals surface area contributed by atoms with Crippen LogP contribution in [-0.4, -0.2) is 12.1 Å². The molecule has 0 aliphatic rings. The third-order valence-corrected chi connectivity index (χ3v) is 3.97. The maximum atomic E-state index is 6.22. The molecule has 0 radical (unpaired) electrons. The van der Waals surface area contributed by atoms with Gasteiger partial charge in [0.1, 0.15) is 11.3 Å². The topological polar surface area (TPSA) is 73.3 Å². The summed E-state index contributed by atoms with van der Waals surface area (Å²) >= 11 is 0. The average molecular weight is 331 g/mol. The smallest absolute Gasteiger partial charge is 0.227 e. The van der Waals surface area contributed by atoms with Gasteiger partial charge in [0.25, 0.3) is 0 Å². The van der Waals surface area contributed by atoms with Gasteiger partial charge < -0.3 is 20.2 Å². The predicted octanol–water partition coefficient (Wildman–Crippen LogP) is 4.83. The monoisotopic (exact) mass is 331 g/mol. The van der Waals surface area contributed by atoms with Crippen molar-refractivity contribution in [1.29, 1.82) is 0 Å². The summed E-state index contributed by atoms with van der Waals surface area (Å²) in [6.07, 6.45) is 0. The Labute approximate surface area is 145 Å². The summed E-state index contributed by atoms with van der Waals surface area (Å²) in [6, 6.07) is 21.0. The van der Waals surface area contributed by atoms with Crippen LogP contribution in [0.25, 0.3) is 22.6 Å². The van der Waals surface area contributed by atoms with Crippen LogP contribution in [0.4, 0.5) is 17.1 Å². The van der Waals surface area contributed by atoms with E-state index in [2.05, 4.69) is 10.3 Å². The maximum Gasteiger partial charge on any atom is 0.227 e. The normalized spacial score (nSPS) is 10.8. The third-order valence-electron chi connectivity index (χ3n) is 3.97. The summed E-state index contributed by atoms with van der Waals surface area (Å²) in [5.74, 6) is 1.31. The summed E-state index contributed by atoms with van der Waals surface area (Å²) < 4.78 is 11.2. The standard InChI is InChI=1S/C20H17N3O2/c1-24-18-8-4-2-6-16(18)22-15-11-10-13(12-14(15)21)20-23-17-7-3-5-9-19(17)25-20/h2-12,22H,21H2,1H3. The molecule has 0 atom stereocenters. The van der Waals surface area contributed by atoms with Gasteiger partial charge in [0.15, 0.2) is 5.58 Å². The number of benzene rings is 3. The first-order valence-electron chi connectivity index (χ1n) is 7.90. The van der Waals surface area contributed by atoms with E-state index in [0.717, 1.165) is 33.8 Å². The molecule has 0 bridgehead atoms. The van der Waals surface area contributed by atoms with Gasteiger partial charge in [0, 0.05) is 5.56 Å². The number of nitrogen functional groups attached to an aromatic ring is 1. The van der Waals surface area contributed by atoms with Gasteiger partial charge in [-0.1, -0.05) is 24.3 Å². The molecule has 3 aromatic carbocycles. The van der Waals surface area contributed by atoms with Crippen molar-refractivity contribution in [2.75, 3.05) is 18.2 Å². The highest BCUT2D eigenvalue weighted by Gasteiger charge is 2.11. The van der Waals surface area contributed by atoms with Crippen LogP contribution in [0, 0.1) is 0 Å². The number of para-hydroxylation sites is 4. The minimum absolute atomic E-state index is 0.553. The van der Waals surface area contributed by atoms with Crippen molar-refractivity contribution in [3.8, 4) is 17.2 Å². The van der Waals surface area contributed by atoms with E-state index in [4.69, 9.17) is 14.9 Å². The molecular weight excluding hydrogens is 314 g/mol. The zero-order valence-electron chi connectivity index (χ0n) is 13.7. The highest BCUT2D eigenvalue weighted by molar-refractivity contribution is 5.81. The Kier molecular flexibility index (Phi) is 3.74. The molecule has 0 amide bonds. The number of hydrogen-bond acceptors (Lipinski definition) is 5. The van der Waals surface area contributed by atoms with Crippen molar-refractivity contribution in [2.45, 2.75) is 0 Å². The van der Waals surface area contributed by atoms with Gasteiger partial charge in [-0.2, -0.15) is 0 Å². The molecule has 1 aromatic heterocycles. The minimum atomic E-state index is 0.553. The average Bonchev–Trinajstić information content (AvgIpc) is 3.08. The van der Waals surface area contributed by atoms with Gasteiger partial charge in [-0.3, -0.25) is 0 Å². The molecule has 4 aromatic rings. The van der Waals surface area contributed by atoms with Crippen molar-refractivity contribution in [3.63, 3.8) is 0 Å². The van der Waals surface area contributed by atoms with Gasteiger partial charge in [-0.25, -0.2) is 4.98 Å². The Balaban J connectivity index is 1.66. The number of nitrogens with zero attached hydrogens (tertiary/aromatic N) is 1. The number of ether oxygens (including phenoxy) is 1. The van der Waals surface area contributed by atoms with Gasteiger partial charge >= 0.3 is 0 Å². The van der Waals surface area contributed by atoms with Gasteiger partial charge in [-0.15, -0.1) is 0 Å². The second kappa shape index (κ2) is 6.20. The summed E-state index contributed by atoms with van der Waals surface area (Å²) in [6.45, 7) is 0. The molecule has 0 saturated carbocycles. The quantitative estimate of drug-likeness (QED) is 0.524. The number of nitrogens with two attached hydrogens (primary N) is 1. The Hall–Kier alpha value is -3.47. The molecule has 0 aliphatic carbocycles. The van der Waals surface area contributed by atoms with Crippen molar-refractivity contribution in [1.82, 2.24) is 4.98 Å². The van der Waals surface area contributed by atoms with E-state index in [-0.39, 0.29) is 0 Å². The third kappa shape index (κ3) is 2.87. The summed E-state index contributed by atoms with van der Waals surface area (Å²) in [7, 11) is 1.64. The second-order valence-corrected chi connectivity index (χ2v) is 5.61. The number of aromatic nitrogens is 1. The van der Waals surface area contributed by atoms with Crippen LogP contribution in [0.15, 0.2) is 71.1 Å². The van der Waals surface area contributed by atoms with Crippen molar-refractivity contribution < 1.29 is 9.15 Å². The van der Waals surface area contributed by atoms with Crippen molar-refractivity contribution >= 4 is 28.2 Å². The van der Waals surface area contributed by atoms with Crippen molar-refractivity contribution in [3.05, 3.63) is 66.7 Å². The molecule has 0 spiro atoms. The lowest BCUT2D eigenvalue weighted by Gasteiger charge is -2.13. The SMILES string of the molecule is COc1ccccc1Nc1ccc(-c2nc3ccccc3o2)cc1N. The van der Waals surface area contributed by atoms with Crippen LogP contribution in [-0.2, 0) is 0 Å². The number of nitrogens with one attached hydrogen (secondary N) is 1. The first-order chi connectivity index (χ1) is 12.2. The molecule has 0 fully saturated rings. The van der Waals surface area contributed by atoms with Gasteiger partial charge in [0.05, 0.1) is 24.2 Å². The zero-order valence-corrected chi connectivity index (χ0v) is 13.7. The molecule has 25 heavy (non-hydrogen) atoms. The number of hydrogen-bond donors (Lipinski definition) is 2. The van der Waals surface area contributed by atoms with E-state index < -0.39 is 0 Å². The number of anilines is 3. The Morgan fingerprint density at radius 2 is 1.76 bits per heavy atom. The molecule has 124 valence electrons. The highest BCUT2D eigenvalue weighted by Crippen LogP contribution is 2.33. The lowest BCUT2D eigenvalue weighted by Crippen LogP contribution is -1.98. The molecule has 5 nitrogen and oxygen atoms in total. The first-order valence-corrected chi connectivity index (χ1v) is 7.90. The van der Waals surface area contributed by atoms with E-state index in [9.17, 15) is 0 Å². The second-order valence-electron chi connectivity index (χ2n) is 5.61. The van der Waals surface area contributed by atoms with Crippen molar-refractivity contribution in [2.24, 2.45) is 0 Å². The molecule has 0 saturated heterocycles. The number of rotatable bonds is 4. The summed E-state index contributed by atoms with van der Waals surface area (Å²) in [5, 5.41) is 3.30. The van der Waals surface area contributed by atoms with Gasteiger partial charge in [-0.05, 0) is 42.5 Å². The van der Waals surface area contributed by atoms with Crippen LogP contribution in [0.3, 0.4) is 0 Å². The van der Waals surface area contributed by atoms with Gasteiger partial charge in [0.2, 0.25) is 5.89 Å². The summed E-state index contributed by atoms with van der Waals surface area (Å²) in [5.41, 5.74) is 10.9. The van der Waals surface area contributed by atoms with E-state index in [1.54, 1.807) is 7.11 Å².